The molecule has 1 unspecified atom stereocenters. The van der Waals surface area contributed by atoms with Gasteiger partial charge in [0.2, 0.25) is 0 Å². The monoisotopic (exact) mass is 290 g/mol. The van der Waals surface area contributed by atoms with E-state index in [9.17, 15) is 14.8 Å². The Morgan fingerprint density at radius 1 is 1.43 bits per heavy atom. The molecule has 1 fully saturated rings. The third-order valence-electron chi connectivity index (χ3n) is 5.20. The normalized spacial score (nSPS) is 28.6. The zero-order valence-corrected chi connectivity index (χ0v) is 12.8. The Hall–Kier alpha value is -1.47. The van der Waals surface area contributed by atoms with Gasteiger partial charge >= 0.3 is 0 Å². The van der Waals surface area contributed by atoms with Crippen LogP contribution in [0.15, 0.2) is 18.3 Å². The number of aromatic nitrogens is 1. The molecule has 1 N–H and O–H groups in total. The molecule has 0 saturated heterocycles. The molecule has 4 heteroatoms. The summed E-state index contributed by atoms with van der Waals surface area (Å²) in [4.78, 5) is 4.05. The van der Waals surface area contributed by atoms with Crippen LogP contribution in [0.3, 0.4) is 0 Å². The fourth-order valence-corrected chi connectivity index (χ4v) is 3.58. The van der Waals surface area contributed by atoms with E-state index in [1.165, 1.54) is 12.1 Å². The molecule has 1 aliphatic rings. The molecular formula is C17H23FN2O. The van der Waals surface area contributed by atoms with Gasteiger partial charge in [0.15, 0.2) is 0 Å². The first-order valence-corrected chi connectivity index (χ1v) is 7.77. The molecule has 0 spiro atoms. The van der Waals surface area contributed by atoms with Gasteiger partial charge in [-0.25, -0.2) is 4.39 Å². The molecule has 1 aromatic rings. The van der Waals surface area contributed by atoms with Crippen LogP contribution in [0.4, 0.5) is 4.39 Å². The third kappa shape index (κ3) is 2.67. The predicted octanol–water partition coefficient (Wildman–Crippen LogP) is 3.93. The van der Waals surface area contributed by atoms with Crippen molar-refractivity contribution in [2.24, 2.45) is 11.3 Å². The van der Waals surface area contributed by atoms with Crippen molar-refractivity contribution in [2.75, 3.05) is 0 Å². The second-order valence-corrected chi connectivity index (χ2v) is 6.12. The molecule has 1 atom stereocenters. The van der Waals surface area contributed by atoms with Crippen LogP contribution in [-0.4, -0.2) is 10.1 Å². The van der Waals surface area contributed by atoms with Crippen molar-refractivity contribution in [1.82, 2.24) is 4.98 Å². The average Bonchev–Trinajstić information content (AvgIpc) is 2.54. The fraction of sp³-hybridized carbons (Fsp3) is 0.647. The summed E-state index contributed by atoms with van der Waals surface area (Å²) in [6.45, 7) is 4.02. The van der Waals surface area contributed by atoms with Crippen molar-refractivity contribution in [3.63, 3.8) is 0 Å². The molecule has 0 radical (unpaired) electrons. The van der Waals surface area contributed by atoms with E-state index in [2.05, 4.69) is 18.0 Å². The number of rotatable bonds is 4. The van der Waals surface area contributed by atoms with E-state index in [0.717, 1.165) is 25.5 Å². The Labute approximate surface area is 125 Å². The van der Waals surface area contributed by atoms with Crippen LogP contribution in [0, 0.1) is 28.5 Å². The van der Waals surface area contributed by atoms with Crippen molar-refractivity contribution >= 4 is 0 Å². The summed E-state index contributed by atoms with van der Waals surface area (Å²) in [5.74, 6) is 0.201. The van der Waals surface area contributed by atoms with Gasteiger partial charge in [0.25, 0.3) is 0 Å². The molecular weight excluding hydrogens is 267 g/mol. The quantitative estimate of drug-likeness (QED) is 0.914. The molecule has 3 nitrogen and oxygen atoms in total. The van der Waals surface area contributed by atoms with Crippen LogP contribution < -0.4 is 0 Å². The van der Waals surface area contributed by atoms with Crippen LogP contribution in [0.2, 0.25) is 0 Å². The van der Waals surface area contributed by atoms with Crippen LogP contribution in [0.5, 0.6) is 0 Å². The number of pyridine rings is 1. The van der Waals surface area contributed by atoms with Gasteiger partial charge in [-0.2, -0.15) is 5.26 Å². The molecule has 114 valence electrons. The summed E-state index contributed by atoms with van der Waals surface area (Å²) in [5.41, 5.74) is -1.73. The number of nitrogens with zero attached hydrogens (tertiary/aromatic N) is 2. The minimum absolute atomic E-state index is 0.399. The lowest BCUT2D eigenvalue weighted by atomic mass is 9.60. The highest BCUT2D eigenvalue weighted by Gasteiger charge is 2.53. The standard InChI is InChI=1S/C17H23FN2O/c1-3-13-7-9-16(12-19,10-8-13)17(21,4-2)15-6-5-14(18)11-20-15/h5-6,11,13,21H,3-4,7-10H2,1-2H3. The van der Waals surface area contributed by atoms with Gasteiger partial charge in [0.05, 0.1) is 23.4 Å². The van der Waals surface area contributed by atoms with E-state index in [4.69, 9.17) is 0 Å². The maximum absolute atomic E-state index is 13.1. The lowest BCUT2D eigenvalue weighted by Gasteiger charge is -2.45. The van der Waals surface area contributed by atoms with E-state index < -0.39 is 16.8 Å². The van der Waals surface area contributed by atoms with Crippen molar-refractivity contribution in [1.29, 1.82) is 5.26 Å². The summed E-state index contributed by atoms with van der Waals surface area (Å²) in [6.07, 6.45) is 5.87. The minimum atomic E-state index is -1.31. The highest BCUT2D eigenvalue weighted by atomic mass is 19.1. The SMILES string of the molecule is CCC1CCC(C#N)(C(O)(CC)c2ccc(F)cn2)CC1. The zero-order valence-electron chi connectivity index (χ0n) is 12.8. The summed E-state index contributed by atoms with van der Waals surface area (Å²) in [7, 11) is 0. The molecule has 21 heavy (non-hydrogen) atoms. The first kappa shape index (κ1) is 15.9. The van der Waals surface area contributed by atoms with Gasteiger partial charge in [-0.1, -0.05) is 20.3 Å². The largest absolute Gasteiger partial charge is 0.382 e. The summed E-state index contributed by atoms with van der Waals surface area (Å²) in [6, 6.07) is 5.18. The van der Waals surface area contributed by atoms with E-state index >= 15 is 0 Å². The lowest BCUT2D eigenvalue weighted by Crippen LogP contribution is -2.47. The third-order valence-corrected chi connectivity index (χ3v) is 5.20. The molecule has 1 aromatic heterocycles. The molecule has 0 amide bonds. The number of aliphatic hydroxyl groups is 1. The van der Waals surface area contributed by atoms with Crippen LogP contribution in [0.1, 0.15) is 58.1 Å². The molecule has 0 aromatic carbocycles. The molecule has 1 aliphatic carbocycles. The number of hydrogen-bond acceptors (Lipinski definition) is 3. The van der Waals surface area contributed by atoms with Crippen molar-refractivity contribution in [3.8, 4) is 6.07 Å². The summed E-state index contributed by atoms with van der Waals surface area (Å²) < 4.78 is 13.1. The molecule has 0 aliphatic heterocycles. The first-order valence-electron chi connectivity index (χ1n) is 7.77. The van der Waals surface area contributed by atoms with Crippen LogP contribution in [0.25, 0.3) is 0 Å². The van der Waals surface area contributed by atoms with Gasteiger partial charge in [-0.15, -0.1) is 0 Å². The van der Waals surface area contributed by atoms with Crippen LogP contribution in [-0.2, 0) is 5.60 Å². The average molecular weight is 290 g/mol. The smallest absolute Gasteiger partial charge is 0.141 e. The summed E-state index contributed by atoms with van der Waals surface area (Å²) >= 11 is 0. The summed E-state index contributed by atoms with van der Waals surface area (Å²) in [5, 5.41) is 21.0. The van der Waals surface area contributed by atoms with E-state index in [1.54, 1.807) is 0 Å². The molecule has 0 bridgehead atoms. The predicted molar refractivity (Wildman–Crippen MR) is 78.7 cm³/mol. The van der Waals surface area contributed by atoms with Gasteiger partial charge in [-0.3, -0.25) is 4.98 Å². The Morgan fingerprint density at radius 3 is 2.52 bits per heavy atom. The Balaban J connectivity index is 2.37. The van der Waals surface area contributed by atoms with Gasteiger partial charge in [-0.05, 0) is 50.2 Å². The number of hydrogen-bond donors (Lipinski definition) is 1. The minimum Gasteiger partial charge on any atom is -0.382 e. The van der Waals surface area contributed by atoms with Gasteiger partial charge in [0, 0.05) is 0 Å². The maximum Gasteiger partial charge on any atom is 0.141 e. The second-order valence-electron chi connectivity index (χ2n) is 6.12. The van der Waals surface area contributed by atoms with Gasteiger partial charge < -0.3 is 5.11 Å². The molecule has 1 heterocycles. The molecule has 2 rings (SSSR count). The number of halogens is 1. The Morgan fingerprint density at radius 2 is 2.10 bits per heavy atom. The fourth-order valence-electron chi connectivity index (χ4n) is 3.58. The van der Waals surface area contributed by atoms with Crippen molar-refractivity contribution in [3.05, 3.63) is 29.8 Å². The Bertz CT molecular complexity index is 515. The topological polar surface area (TPSA) is 56.9 Å². The van der Waals surface area contributed by atoms with Crippen molar-refractivity contribution in [2.45, 2.75) is 58.0 Å². The molecule has 1 saturated carbocycles. The highest BCUT2D eigenvalue weighted by Crippen LogP contribution is 2.52. The van der Waals surface area contributed by atoms with E-state index in [0.29, 0.717) is 30.9 Å². The maximum atomic E-state index is 13.1. The van der Waals surface area contributed by atoms with Crippen molar-refractivity contribution < 1.29 is 9.50 Å². The number of nitriles is 1. The highest BCUT2D eigenvalue weighted by molar-refractivity contribution is 5.24. The van der Waals surface area contributed by atoms with E-state index in [-0.39, 0.29) is 0 Å². The van der Waals surface area contributed by atoms with E-state index in [1.807, 2.05) is 6.92 Å². The van der Waals surface area contributed by atoms with Gasteiger partial charge in [0.1, 0.15) is 11.4 Å². The Kier molecular flexibility index (Phi) is 4.63. The first-order chi connectivity index (χ1) is 10.0. The zero-order chi connectivity index (χ0) is 15.5. The van der Waals surface area contributed by atoms with Crippen LogP contribution >= 0.6 is 0 Å². The second kappa shape index (κ2) is 6.11. The lowest BCUT2D eigenvalue weighted by molar-refractivity contribution is -0.0909.